The van der Waals surface area contributed by atoms with Crippen LogP contribution >= 0.6 is 21.7 Å². The second-order valence-corrected chi connectivity index (χ2v) is 9.02. The van der Waals surface area contributed by atoms with Crippen LogP contribution in [0.4, 0.5) is 0 Å². The summed E-state index contributed by atoms with van der Waals surface area (Å²) >= 11 is 0. The summed E-state index contributed by atoms with van der Waals surface area (Å²) in [5.74, 6) is 0.687. The number of nitrogens with zero attached hydrogens (tertiary/aromatic N) is 4. The maximum Gasteiger partial charge on any atom is 0.243 e. The van der Waals surface area contributed by atoms with Crippen LogP contribution in [0.1, 0.15) is 34.6 Å². The first-order chi connectivity index (χ1) is 11.2. The van der Waals surface area contributed by atoms with Crippen LogP contribution in [0.5, 0.6) is 0 Å². The van der Waals surface area contributed by atoms with Crippen LogP contribution in [-0.4, -0.2) is 15.4 Å². The molecule has 6 heteroatoms. The SMILES string of the molecule is CC(C)C[n+]1ccn(CCn2cc[n+](CC(C)(C)C)c2)c1.CSCl. The van der Waals surface area contributed by atoms with Gasteiger partial charge in [-0.1, -0.05) is 45.6 Å². The molecule has 2 heterocycles. The van der Waals surface area contributed by atoms with E-state index < -0.39 is 0 Å². The monoisotopic (exact) mass is 372 g/mol. The Morgan fingerprint density at radius 3 is 1.92 bits per heavy atom. The van der Waals surface area contributed by atoms with E-state index in [1.165, 1.54) is 11.0 Å². The van der Waals surface area contributed by atoms with Gasteiger partial charge in [-0.05, 0) is 28.3 Å². The van der Waals surface area contributed by atoms with Gasteiger partial charge in [-0.15, -0.1) is 0 Å². The van der Waals surface area contributed by atoms with Crippen LogP contribution in [0.15, 0.2) is 37.4 Å². The summed E-state index contributed by atoms with van der Waals surface area (Å²) in [7, 11) is 6.14. The van der Waals surface area contributed by atoms with Gasteiger partial charge in [0.15, 0.2) is 0 Å². The third kappa shape index (κ3) is 8.78. The van der Waals surface area contributed by atoms with Crippen LogP contribution in [0.3, 0.4) is 0 Å². The molecule has 0 atom stereocenters. The standard InChI is InChI=1S/C17H30N4.CH3ClS/c1-16(2)12-20-10-8-18(14-20)6-7-19-9-11-21(15-19)13-17(3,4)5;1-3-2/h8-11,14-16H,6-7,12-13H2,1-5H3;1H3/q+2;. The van der Waals surface area contributed by atoms with Crippen molar-refractivity contribution in [3.63, 3.8) is 0 Å². The largest absolute Gasteiger partial charge is 0.243 e. The maximum atomic E-state index is 4.92. The molecule has 2 aromatic heterocycles. The van der Waals surface area contributed by atoms with E-state index in [9.17, 15) is 0 Å². The second kappa shape index (κ2) is 10.1. The molecular weight excluding hydrogens is 340 g/mol. The Morgan fingerprint density at radius 2 is 1.46 bits per heavy atom. The molecule has 0 aliphatic carbocycles. The molecule has 0 radical (unpaired) electrons. The first-order valence-corrected chi connectivity index (χ1v) is 10.5. The summed E-state index contributed by atoms with van der Waals surface area (Å²) in [4.78, 5) is 0. The van der Waals surface area contributed by atoms with Crippen molar-refractivity contribution in [3.8, 4) is 0 Å². The van der Waals surface area contributed by atoms with Crippen molar-refractivity contribution < 1.29 is 9.13 Å². The molecule has 0 N–H and O–H groups in total. The van der Waals surface area contributed by atoms with E-state index in [1.54, 1.807) is 0 Å². The highest BCUT2D eigenvalue weighted by Gasteiger charge is 2.15. The van der Waals surface area contributed by atoms with Crippen LogP contribution in [0, 0.1) is 11.3 Å². The Bertz CT molecular complexity index is 584. The molecule has 0 spiro atoms. The van der Waals surface area contributed by atoms with E-state index >= 15 is 0 Å². The van der Waals surface area contributed by atoms with Gasteiger partial charge in [0, 0.05) is 0 Å². The predicted molar refractivity (Wildman–Crippen MR) is 103 cm³/mol. The highest BCUT2D eigenvalue weighted by atomic mass is 35.7. The van der Waals surface area contributed by atoms with Gasteiger partial charge in [-0.2, -0.15) is 0 Å². The molecule has 0 saturated carbocycles. The number of imidazole rings is 2. The van der Waals surface area contributed by atoms with Crippen molar-refractivity contribution in [2.75, 3.05) is 6.26 Å². The third-order valence-electron chi connectivity index (χ3n) is 3.34. The molecule has 0 aromatic carbocycles. The van der Waals surface area contributed by atoms with Gasteiger partial charge in [-0.3, -0.25) is 0 Å². The van der Waals surface area contributed by atoms with Crippen molar-refractivity contribution in [1.29, 1.82) is 0 Å². The topological polar surface area (TPSA) is 17.6 Å². The van der Waals surface area contributed by atoms with Crippen LogP contribution < -0.4 is 9.13 Å². The average molecular weight is 373 g/mol. The van der Waals surface area contributed by atoms with Crippen LogP contribution in [-0.2, 0) is 26.2 Å². The molecule has 0 unspecified atom stereocenters. The number of hydrogen-bond acceptors (Lipinski definition) is 1. The van der Waals surface area contributed by atoms with E-state index in [0.29, 0.717) is 11.3 Å². The van der Waals surface area contributed by atoms with Crippen molar-refractivity contribution in [2.24, 2.45) is 11.3 Å². The minimum Gasteiger partial charge on any atom is -0.237 e. The molecule has 0 amide bonds. The molecular formula is C18H33ClN4S+2. The van der Waals surface area contributed by atoms with Gasteiger partial charge >= 0.3 is 0 Å². The fourth-order valence-electron chi connectivity index (χ4n) is 2.54. The van der Waals surface area contributed by atoms with E-state index in [4.69, 9.17) is 10.7 Å². The quantitative estimate of drug-likeness (QED) is 0.705. The fourth-order valence-corrected chi connectivity index (χ4v) is 2.54. The molecule has 0 fully saturated rings. The highest BCUT2D eigenvalue weighted by molar-refractivity contribution is 8.20. The molecule has 0 bridgehead atoms. The lowest BCUT2D eigenvalue weighted by molar-refractivity contribution is -0.707. The Balaban J connectivity index is 0.000000891. The summed E-state index contributed by atoms with van der Waals surface area (Å²) < 4.78 is 9.06. The Labute approximate surface area is 156 Å². The molecule has 2 rings (SSSR count). The number of halogens is 1. The summed E-state index contributed by atoms with van der Waals surface area (Å²) in [6.45, 7) is 15.5. The zero-order chi connectivity index (χ0) is 18.2. The molecule has 2 aromatic rings. The number of hydrogen-bond donors (Lipinski definition) is 0. The molecule has 0 aliphatic heterocycles. The highest BCUT2D eigenvalue weighted by Crippen LogP contribution is 2.12. The van der Waals surface area contributed by atoms with Crippen molar-refractivity contribution in [1.82, 2.24) is 9.13 Å². The minimum atomic E-state index is 0.319. The summed E-state index contributed by atoms with van der Waals surface area (Å²) in [6.07, 6.45) is 14.9. The lowest BCUT2D eigenvalue weighted by atomic mass is 9.97. The van der Waals surface area contributed by atoms with E-state index in [0.717, 1.165) is 26.2 Å². The van der Waals surface area contributed by atoms with Gasteiger partial charge in [0.05, 0.1) is 13.1 Å². The zero-order valence-corrected chi connectivity index (χ0v) is 17.5. The van der Waals surface area contributed by atoms with Crippen molar-refractivity contribution in [2.45, 2.75) is 60.8 Å². The van der Waals surface area contributed by atoms with Crippen molar-refractivity contribution >= 4 is 21.7 Å². The smallest absolute Gasteiger partial charge is 0.237 e. The predicted octanol–water partition coefficient (Wildman–Crippen LogP) is 3.77. The van der Waals surface area contributed by atoms with Crippen LogP contribution in [0.2, 0.25) is 0 Å². The summed E-state index contributed by atoms with van der Waals surface area (Å²) in [5.41, 5.74) is 0.319. The van der Waals surface area contributed by atoms with E-state index in [-0.39, 0.29) is 0 Å². The number of aromatic nitrogens is 4. The second-order valence-electron chi connectivity index (χ2n) is 7.78. The minimum absolute atomic E-state index is 0.319. The first kappa shape index (κ1) is 21.1. The fraction of sp³-hybridized carbons (Fsp3) is 0.667. The molecule has 136 valence electrons. The van der Waals surface area contributed by atoms with Gasteiger partial charge in [0.1, 0.15) is 37.9 Å². The van der Waals surface area contributed by atoms with E-state index in [1.807, 2.05) is 6.26 Å². The maximum absolute atomic E-state index is 4.92. The third-order valence-corrected chi connectivity index (χ3v) is 3.34. The average Bonchev–Trinajstić information content (AvgIpc) is 3.04. The number of aryl methyl sites for hydroxylation is 2. The normalized spacial score (nSPS) is 11.5. The molecule has 4 nitrogen and oxygen atoms in total. The Hall–Kier alpha value is -0.940. The van der Waals surface area contributed by atoms with Gasteiger partial charge in [-0.25, -0.2) is 18.3 Å². The molecule has 0 saturated heterocycles. The lowest BCUT2D eigenvalue weighted by Gasteiger charge is -2.14. The van der Waals surface area contributed by atoms with Crippen molar-refractivity contribution in [3.05, 3.63) is 37.4 Å². The summed E-state index contributed by atoms with van der Waals surface area (Å²) in [6, 6.07) is 0. The van der Waals surface area contributed by atoms with Crippen LogP contribution in [0.25, 0.3) is 0 Å². The molecule has 0 aliphatic rings. The number of rotatable bonds is 6. The zero-order valence-electron chi connectivity index (χ0n) is 15.9. The van der Waals surface area contributed by atoms with Gasteiger partial charge in [0.25, 0.3) is 0 Å². The van der Waals surface area contributed by atoms with Gasteiger partial charge < -0.3 is 0 Å². The van der Waals surface area contributed by atoms with Gasteiger partial charge in [0.2, 0.25) is 12.7 Å². The lowest BCUT2D eigenvalue weighted by Crippen LogP contribution is -2.38. The first-order valence-electron chi connectivity index (χ1n) is 8.48. The Morgan fingerprint density at radius 1 is 1.00 bits per heavy atom. The van der Waals surface area contributed by atoms with E-state index in [2.05, 4.69) is 90.3 Å². The Kier molecular flexibility index (Phi) is 8.92. The molecule has 24 heavy (non-hydrogen) atoms. The summed E-state index contributed by atoms with van der Waals surface area (Å²) in [5, 5.41) is 0.